The maximum Gasteiger partial charge on any atom is 0.338 e. The van der Waals surface area contributed by atoms with Gasteiger partial charge < -0.3 is 30.0 Å². The molecule has 3 rings (SSSR count). The summed E-state index contributed by atoms with van der Waals surface area (Å²) >= 11 is 0. The minimum Gasteiger partial charge on any atom is -0.495 e. The van der Waals surface area contributed by atoms with Crippen LogP contribution in [0.1, 0.15) is 10.4 Å². The molecule has 8 heteroatoms. The molecule has 0 radical (unpaired) electrons. The molecular formula is C17H16N2O6. The summed E-state index contributed by atoms with van der Waals surface area (Å²) in [7, 11) is 1.48. The van der Waals surface area contributed by atoms with E-state index in [1.807, 2.05) is 0 Å². The predicted octanol–water partition coefficient (Wildman–Crippen LogP) is 1.80. The van der Waals surface area contributed by atoms with E-state index >= 15 is 0 Å². The number of hydrogen-bond donors (Lipinski definition) is 2. The molecule has 8 nitrogen and oxygen atoms in total. The number of anilines is 2. The van der Waals surface area contributed by atoms with Crippen molar-refractivity contribution in [2.24, 2.45) is 0 Å². The Balaban J connectivity index is 1.55. The van der Waals surface area contributed by atoms with Crippen LogP contribution in [0.2, 0.25) is 0 Å². The summed E-state index contributed by atoms with van der Waals surface area (Å²) in [5.74, 6) is 0.478. The van der Waals surface area contributed by atoms with Crippen molar-refractivity contribution in [1.29, 1.82) is 0 Å². The van der Waals surface area contributed by atoms with Crippen LogP contribution in [0, 0.1) is 0 Å². The molecule has 1 amide bonds. The average molecular weight is 344 g/mol. The van der Waals surface area contributed by atoms with Crippen LogP contribution in [-0.4, -0.2) is 32.4 Å². The molecule has 0 aliphatic carbocycles. The summed E-state index contributed by atoms with van der Waals surface area (Å²) in [4.78, 5) is 23.9. The highest BCUT2D eigenvalue weighted by atomic mass is 16.7. The zero-order chi connectivity index (χ0) is 17.8. The van der Waals surface area contributed by atoms with E-state index < -0.39 is 18.5 Å². The number of rotatable bonds is 5. The number of benzene rings is 2. The Kier molecular flexibility index (Phi) is 4.60. The van der Waals surface area contributed by atoms with Gasteiger partial charge in [0.1, 0.15) is 5.75 Å². The number of fused-ring (bicyclic) bond motifs is 1. The van der Waals surface area contributed by atoms with Gasteiger partial charge in [-0.15, -0.1) is 0 Å². The van der Waals surface area contributed by atoms with Gasteiger partial charge >= 0.3 is 5.97 Å². The Morgan fingerprint density at radius 3 is 2.72 bits per heavy atom. The molecule has 1 aliphatic rings. The van der Waals surface area contributed by atoms with Gasteiger partial charge in [-0.25, -0.2) is 4.79 Å². The lowest BCUT2D eigenvalue weighted by Gasteiger charge is -2.09. The average Bonchev–Trinajstić information content (AvgIpc) is 3.07. The van der Waals surface area contributed by atoms with E-state index in [1.165, 1.54) is 19.2 Å². The third kappa shape index (κ3) is 3.74. The largest absolute Gasteiger partial charge is 0.495 e. The molecule has 0 aromatic heterocycles. The fraction of sp³-hybridized carbons (Fsp3) is 0.176. The van der Waals surface area contributed by atoms with Crippen molar-refractivity contribution in [1.82, 2.24) is 0 Å². The molecule has 2 aromatic carbocycles. The van der Waals surface area contributed by atoms with Crippen LogP contribution >= 0.6 is 0 Å². The lowest BCUT2D eigenvalue weighted by Crippen LogP contribution is -2.21. The second-order valence-corrected chi connectivity index (χ2v) is 5.15. The van der Waals surface area contributed by atoms with Crippen LogP contribution < -0.4 is 25.3 Å². The normalized spacial score (nSPS) is 11.7. The van der Waals surface area contributed by atoms with Gasteiger partial charge in [-0.3, -0.25) is 4.79 Å². The fourth-order valence-corrected chi connectivity index (χ4v) is 2.25. The fourth-order valence-electron chi connectivity index (χ4n) is 2.25. The van der Waals surface area contributed by atoms with Crippen LogP contribution in [-0.2, 0) is 9.53 Å². The summed E-state index contributed by atoms with van der Waals surface area (Å²) in [6.07, 6.45) is 0. The first kappa shape index (κ1) is 16.4. The Morgan fingerprint density at radius 2 is 1.96 bits per heavy atom. The maximum absolute atomic E-state index is 12.0. The van der Waals surface area contributed by atoms with Crippen molar-refractivity contribution in [3.8, 4) is 17.2 Å². The van der Waals surface area contributed by atoms with Gasteiger partial charge in [0.15, 0.2) is 18.1 Å². The number of methoxy groups -OCH3 is 1. The second-order valence-electron chi connectivity index (χ2n) is 5.15. The molecule has 2 aromatic rings. The molecule has 0 unspecified atom stereocenters. The van der Waals surface area contributed by atoms with Gasteiger partial charge in [0, 0.05) is 11.8 Å². The van der Waals surface area contributed by atoms with Crippen LogP contribution in [0.15, 0.2) is 36.4 Å². The van der Waals surface area contributed by atoms with Crippen molar-refractivity contribution in [2.75, 3.05) is 31.6 Å². The van der Waals surface area contributed by atoms with E-state index in [-0.39, 0.29) is 12.4 Å². The number of carbonyl (C=O) groups is 2. The summed E-state index contributed by atoms with van der Waals surface area (Å²) < 4.78 is 20.4. The first-order valence-corrected chi connectivity index (χ1v) is 7.37. The topological polar surface area (TPSA) is 109 Å². The number of hydrogen-bond acceptors (Lipinski definition) is 7. The number of nitrogen functional groups attached to an aromatic ring is 1. The lowest BCUT2D eigenvalue weighted by atomic mass is 10.2. The Hall–Kier alpha value is -3.42. The third-order valence-electron chi connectivity index (χ3n) is 3.46. The molecule has 1 heterocycles. The van der Waals surface area contributed by atoms with Gasteiger partial charge in [0.2, 0.25) is 6.79 Å². The Morgan fingerprint density at radius 1 is 1.16 bits per heavy atom. The smallest absolute Gasteiger partial charge is 0.338 e. The van der Waals surface area contributed by atoms with Crippen molar-refractivity contribution < 1.29 is 28.5 Å². The number of esters is 1. The van der Waals surface area contributed by atoms with Gasteiger partial charge in [0.05, 0.1) is 18.4 Å². The van der Waals surface area contributed by atoms with Gasteiger partial charge in [-0.2, -0.15) is 0 Å². The molecule has 25 heavy (non-hydrogen) atoms. The van der Waals surface area contributed by atoms with Crippen molar-refractivity contribution in [2.45, 2.75) is 0 Å². The molecule has 0 spiro atoms. The predicted molar refractivity (Wildman–Crippen MR) is 88.9 cm³/mol. The molecule has 0 fully saturated rings. The minimum absolute atomic E-state index is 0.148. The van der Waals surface area contributed by atoms with Crippen molar-refractivity contribution in [3.63, 3.8) is 0 Å². The number of carbonyl (C=O) groups excluding carboxylic acids is 2. The number of nitrogens with two attached hydrogens (primary N) is 1. The van der Waals surface area contributed by atoms with E-state index in [4.69, 9.17) is 24.7 Å². The molecule has 0 saturated carbocycles. The molecule has 0 bridgehead atoms. The first-order valence-electron chi connectivity index (χ1n) is 7.37. The zero-order valence-corrected chi connectivity index (χ0v) is 13.4. The minimum atomic E-state index is -0.657. The highest BCUT2D eigenvalue weighted by Crippen LogP contribution is 2.34. The second kappa shape index (κ2) is 7.00. The summed E-state index contributed by atoms with van der Waals surface area (Å²) in [5.41, 5.74) is 6.79. The molecule has 3 N–H and O–H groups in total. The summed E-state index contributed by atoms with van der Waals surface area (Å²) in [6.45, 7) is -0.283. The number of ether oxygens (including phenoxy) is 4. The Bertz CT molecular complexity index is 821. The van der Waals surface area contributed by atoms with Crippen LogP contribution in [0.3, 0.4) is 0 Å². The molecular weight excluding hydrogens is 328 g/mol. The highest BCUT2D eigenvalue weighted by molar-refractivity contribution is 5.96. The SMILES string of the molecule is COc1ccc(C(=O)OCC(=O)Nc2ccc3c(c2)OCO3)cc1N. The van der Waals surface area contributed by atoms with Crippen LogP contribution in [0.5, 0.6) is 17.2 Å². The van der Waals surface area contributed by atoms with E-state index in [2.05, 4.69) is 5.32 Å². The van der Waals surface area contributed by atoms with Gasteiger partial charge in [-0.1, -0.05) is 0 Å². The highest BCUT2D eigenvalue weighted by Gasteiger charge is 2.15. The van der Waals surface area contributed by atoms with E-state index in [9.17, 15) is 9.59 Å². The van der Waals surface area contributed by atoms with Crippen LogP contribution in [0.4, 0.5) is 11.4 Å². The Labute approximate surface area is 143 Å². The molecule has 0 atom stereocenters. The molecule has 0 saturated heterocycles. The monoisotopic (exact) mass is 344 g/mol. The van der Waals surface area contributed by atoms with Crippen molar-refractivity contribution in [3.05, 3.63) is 42.0 Å². The molecule has 130 valence electrons. The van der Waals surface area contributed by atoms with Gasteiger partial charge in [-0.05, 0) is 30.3 Å². The first-order chi connectivity index (χ1) is 12.1. The zero-order valence-electron chi connectivity index (χ0n) is 13.4. The van der Waals surface area contributed by atoms with Crippen molar-refractivity contribution >= 4 is 23.3 Å². The van der Waals surface area contributed by atoms with E-state index in [1.54, 1.807) is 24.3 Å². The van der Waals surface area contributed by atoms with Crippen LogP contribution in [0.25, 0.3) is 0 Å². The lowest BCUT2D eigenvalue weighted by molar-refractivity contribution is -0.119. The molecule has 1 aliphatic heterocycles. The maximum atomic E-state index is 12.0. The summed E-state index contributed by atoms with van der Waals surface area (Å²) in [5, 5.41) is 2.61. The van der Waals surface area contributed by atoms with E-state index in [0.717, 1.165) is 0 Å². The van der Waals surface area contributed by atoms with E-state index in [0.29, 0.717) is 28.6 Å². The number of amides is 1. The quantitative estimate of drug-likeness (QED) is 0.629. The third-order valence-corrected chi connectivity index (χ3v) is 3.46. The summed E-state index contributed by atoms with van der Waals surface area (Å²) in [6, 6.07) is 9.47. The standard InChI is InChI=1S/C17H16N2O6/c1-22-13-4-2-10(6-12(13)18)17(21)23-8-16(20)19-11-3-5-14-15(7-11)25-9-24-14/h2-7H,8-9,18H2,1H3,(H,19,20). The number of nitrogens with one attached hydrogen (secondary N) is 1. The van der Waals surface area contributed by atoms with Gasteiger partial charge in [0.25, 0.3) is 5.91 Å².